The van der Waals surface area contributed by atoms with E-state index in [0.717, 1.165) is 28.4 Å². The minimum absolute atomic E-state index is 0.225. The number of anilines is 1. The molecule has 1 amide bonds. The minimum Gasteiger partial charge on any atom is -0.271 e. The summed E-state index contributed by atoms with van der Waals surface area (Å²) in [4.78, 5) is 12.2. The van der Waals surface area contributed by atoms with Crippen molar-refractivity contribution in [3.63, 3.8) is 0 Å². The molecule has 0 spiro atoms. The molecule has 0 aliphatic rings. The van der Waals surface area contributed by atoms with Crippen molar-refractivity contribution < 1.29 is 26.4 Å². The van der Waals surface area contributed by atoms with Crippen LogP contribution in [0.2, 0.25) is 0 Å². The number of nitrogens with one attached hydrogen (secondary N) is 1. The first-order valence-electron chi connectivity index (χ1n) is 8.57. The Kier molecular flexibility index (Phi) is 7.02. The maximum absolute atomic E-state index is 13.0. The van der Waals surface area contributed by atoms with Crippen LogP contribution in [0, 0.1) is 0 Å². The number of benzene rings is 2. The molecular formula is C19H20F3N3O3S. The summed E-state index contributed by atoms with van der Waals surface area (Å²) >= 11 is 0. The molecule has 2 rings (SSSR count). The normalized spacial score (nSPS) is 12.2. The van der Waals surface area contributed by atoms with Crippen LogP contribution in [0.4, 0.5) is 18.9 Å². The molecule has 6 nitrogen and oxygen atoms in total. The molecule has 0 radical (unpaired) electrons. The first-order chi connectivity index (χ1) is 13.5. The fourth-order valence-electron chi connectivity index (χ4n) is 2.64. The van der Waals surface area contributed by atoms with Crippen LogP contribution < -0.4 is 9.73 Å². The fourth-order valence-corrected chi connectivity index (χ4v) is 3.53. The first-order valence-corrected chi connectivity index (χ1v) is 10.4. The summed E-state index contributed by atoms with van der Waals surface area (Å²) in [6, 6.07) is 11.5. The fraction of sp³-hybridized carbons (Fsp3) is 0.263. The van der Waals surface area contributed by atoms with Crippen LogP contribution in [-0.2, 0) is 27.4 Å². The number of carbonyl (C=O) groups is 1. The topological polar surface area (TPSA) is 78.8 Å². The molecule has 10 heteroatoms. The Hall–Kier alpha value is -2.88. The summed E-state index contributed by atoms with van der Waals surface area (Å²) in [7, 11) is -3.78. The zero-order valence-electron chi connectivity index (χ0n) is 15.8. The lowest BCUT2D eigenvalue weighted by atomic mass is 10.1. The lowest BCUT2D eigenvalue weighted by Crippen LogP contribution is -2.39. The minimum atomic E-state index is -4.57. The third kappa shape index (κ3) is 6.05. The second-order valence-corrected chi connectivity index (χ2v) is 8.04. The van der Waals surface area contributed by atoms with Gasteiger partial charge in [0.15, 0.2) is 0 Å². The number of halogens is 3. The van der Waals surface area contributed by atoms with Crippen molar-refractivity contribution in [3.05, 3.63) is 65.2 Å². The van der Waals surface area contributed by atoms with Gasteiger partial charge in [0.25, 0.3) is 5.91 Å². The van der Waals surface area contributed by atoms with Gasteiger partial charge in [-0.15, -0.1) is 0 Å². The van der Waals surface area contributed by atoms with Crippen LogP contribution in [0.15, 0.2) is 53.6 Å². The van der Waals surface area contributed by atoms with E-state index < -0.39 is 34.2 Å². The van der Waals surface area contributed by atoms with Crippen molar-refractivity contribution in [1.82, 2.24) is 5.43 Å². The number of hydrazone groups is 1. The van der Waals surface area contributed by atoms with Gasteiger partial charge in [-0.05, 0) is 24.1 Å². The van der Waals surface area contributed by atoms with E-state index in [1.165, 1.54) is 18.2 Å². The lowest BCUT2D eigenvalue weighted by Gasteiger charge is -2.23. The molecule has 2 aromatic carbocycles. The molecule has 0 atom stereocenters. The molecule has 1 N–H and O–H groups in total. The predicted molar refractivity (Wildman–Crippen MR) is 105 cm³/mol. The monoisotopic (exact) mass is 427 g/mol. The number of alkyl halides is 3. The molecular weight excluding hydrogens is 407 g/mol. The van der Waals surface area contributed by atoms with Crippen molar-refractivity contribution in [2.75, 3.05) is 17.1 Å². The Morgan fingerprint density at radius 3 is 2.38 bits per heavy atom. The van der Waals surface area contributed by atoms with Gasteiger partial charge in [-0.2, -0.15) is 18.3 Å². The largest absolute Gasteiger partial charge is 0.417 e. The number of hydrogen-bond donors (Lipinski definition) is 1. The third-order valence-corrected chi connectivity index (χ3v) is 5.11. The number of para-hydroxylation sites is 1. The van der Waals surface area contributed by atoms with Gasteiger partial charge in [-0.3, -0.25) is 9.10 Å². The van der Waals surface area contributed by atoms with Crippen LogP contribution in [-0.4, -0.2) is 33.3 Å². The highest BCUT2D eigenvalue weighted by Crippen LogP contribution is 2.31. The predicted octanol–water partition coefficient (Wildman–Crippen LogP) is 3.18. The Morgan fingerprint density at radius 1 is 1.14 bits per heavy atom. The second-order valence-electron chi connectivity index (χ2n) is 6.13. The molecule has 0 heterocycles. The summed E-state index contributed by atoms with van der Waals surface area (Å²) < 4.78 is 64.2. The van der Waals surface area contributed by atoms with Crippen LogP contribution in [0.5, 0.6) is 0 Å². The van der Waals surface area contributed by atoms with Gasteiger partial charge in [0.1, 0.15) is 6.54 Å². The molecule has 29 heavy (non-hydrogen) atoms. The highest BCUT2D eigenvalue weighted by atomic mass is 32.2. The molecule has 0 aliphatic carbocycles. The number of amides is 1. The summed E-state index contributed by atoms with van der Waals surface area (Å²) in [6.07, 6.45) is -2.18. The number of hydrogen-bond acceptors (Lipinski definition) is 4. The van der Waals surface area contributed by atoms with E-state index in [1.54, 1.807) is 24.3 Å². The number of rotatable bonds is 7. The number of nitrogens with zero attached hydrogens (tertiary/aromatic N) is 2. The van der Waals surface area contributed by atoms with Gasteiger partial charge in [0.2, 0.25) is 10.0 Å². The van der Waals surface area contributed by atoms with Crippen LogP contribution >= 0.6 is 0 Å². The van der Waals surface area contributed by atoms with Crippen molar-refractivity contribution in [2.45, 2.75) is 19.5 Å². The van der Waals surface area contributed by atoms with E-state index in [-0.39, 0.29) is 5.56 Å². The Balaban J connectivity index is 2.18. The molecule has 0 aromatic heterocycles. The number of sulfonamides is 1. The molecule has 0 saturated heterocycles. The van der Waals surface area contributed by atoms with E-state index in [0.29, 0.717) is 12.1 Å². The highest BCUT2D eigenvalue weighted by molar-refractivity contribution is 7.92. The standard InChI is InChI=1S/C19H20F3N3O3S/c1-3-14-8-5-7-11-17(14)25(29(2,27)28)13-18(26)24-23-12-15-9-4-6-10-16(15)19(20,21)22/h4-12H,3,13H2,1-2H3,(H,24,26)/b23-12-. The summed E-state index contributed by atoms with van der Waals surface area (Å²) in [6.45, 7) is 1.29. The first kappa shape index (κ1) is 22.4. The SMILES string of the molecule is CCc1ccccc1N(CC(=O)N/N=C\c1ccccc1C(F)(F)F)S(C)(=O)=O. The van der Waals surface area contributed by atoms with E-state index in [4.69, 9.17) is 0 Å². The summed E-state index contributed by atoms with van der Waals surface area (Å²) in [5.74, 6) is -0.790. The summed E-state index contributed by atoms with van der Waals surface area (Å²) in [5, 5.41) is 3.54. The number of carbonyl (C=O) groups excluding carboxylic acids is 1. The van der Waals surface area contributed by atoms with Crippen LogP contribution in [0.1, 0.15) is 23.6 Å². The van der Waals surface area contributed by atoms with Gasteiger partial charge in [-0.1, -0.05) is 43.3 Å². The molecule has 0 bridgehead atoms. The smallest absolute Gasteiger partial charge is 0.271 e. The van der Waals surface area contributed by atoms with Crippen molar-refractivity contribution >= 4 is 27.8 Å². The number of aryl methyl sites for hydroxylation is 1. The van der Waals surface area contributed by atoms with Crippen LogP contribution in [0.3, 0.4) is 0 Å². The average molecular weight is 427 g/mol. The maximum atomic E-state index is 13.0. The molecule has 0 saturated carbocycles. The molecule has 2 aromatic rings. The lowest BCUT2D eigenvalue weighted by molar-refractivity contribution is -0.137. The van der Waals surface area contributed by atoms with Crippen LogP contribution in [0.25, 0.3) is 0 Å². The molecule has 0 aliphatic heterocycles. The van der Waals surface area contributed by atoms with Gasteiger partial charge in [-0.25, -0.2) is 13.8 Å². The van der Waals surface area contributed by atoms with E-state index in [9.17, 15) is 26.4 Å². The van der Waals surface area contributed by atoms with E-state index in [1.807, 2.05) is 6.92 Å². The van der Waals surface area contributed by atoms with Gasteiger partial charge in [0.05, 0.1) is 23.7 Å². The quantitative estimate of drug-likeness (QED) is 0.545. The van der Waals surface area contributed by atoms with Gasteiger partial charge in [0, 0.05) is 5.56 Å². The molecule has 0 fully saturated rings. The summed E-state index contributed by atoms with van der Waals surface area (Å²) in [5.41, 5.74) is 2.05. The molecule has 0 unspecified atom stereocenters. The zero-order chi connectivity index (χ0) is 21.7. The van der Waals surface area contributed by atoms with E-state index in [2.05, 4.69) is 10.5 Å². The van der Waals surface area contributed by atoms with Gasteiger partial charge < -0.3 is 0 Å². The van der Waals surface area contributed by atoms with Crippen molar-refractivity contribution in [2.24, 2.45) is 5.10 Å². The van der Waals surface area contributed by atoms with Gasteiger partial charge >= 0.3 is 6.18 Å². The Labute approximate surface area is 167 Å². The van der Waals surface area contributed by atoms with Crippen molar-refractivity contribution in [3.8, 4) is 0 Å². The average Bonchev–Trinajstić information content (AvgIpc) is 2.65. The van der Waals surface area contributed by atoms with Crippen molar-refractivity contribution in [1.29, 1.82) is 0 Å². The zero-order valence-corrected chi connectivity index (χ0v) is 16.6. The maximum Gasteiger partial charge on any atom is 0.417 e. The second kappa shape index (κ2) is 9.08. The third-order valence-electron chi connectivity index (χ3n) is 3.99. The Bertz CT molecular complexity index is 1000. The highest BCUT2D eigenvalue weighted by Gasteiger charge is 2.32. The van der Waals surface area contributed by atoms with E-state index >= 15 is 0 Å². The Morgan fingerprint density at radius 2 is 1.76 bits per heavy atom. The molecule has 156 valence electrons.